The second-order valence-electron chi connectivity index (χ2n) is 8.30. The van der Waals surface area contributed by atoms with E-state index in [0.29, 0.717) is 0 Å². The number of hydrogen-bond acceptors (Lipinski definition) is 0. The Morgan fingerprint density at radius 1 is 0.400 bits per heavy atom. The van der Waals surface area contributed by atoms with Crippen LogP contribution in [0.2, 0.25) is 0 Å². The van der Waals surface area contributed by atoms with E-state index in [-0.39, 0.29) is 51.4 Å². The fraction of sp³-hybridized carbons (Fsp3) is 0.143. The average molecular weight is 414 g/mol. The third kappa shape index (κ3) is 3.92. The van der Waals surface area contributed by atoms with Crippen molar-refractivity contribution in [3.8, 4) is 0 Å². The molecule has 4 aromatic rings. The Hall–Kier alpha value is -1.42. The summed E-state index contributed by atoms with van der Waals surface area (Å²) in [5.41, 5.74) is 11.0. The zero-order chi connectivity index (χ0) is 20.4. The van der Waals surface area contributed by atoms with Gasteiger partial charge in [-0.3, -0.25) is 0 Å². The predicted molar refractivity (Wildman–Crippen MR) is 129 cm³/mol. The van der Waals surface area contributed by atoms with E-state index < -0.39 is 6.15 Å². The van der Waals surface area contributed by atoms with Gasteiger partial charge in [-0.2, -0.15) is 21.9 Å². The molecule has 0 aromatic heterocycles. The minimum Gasteiger partial charge on any atom is -0.195 e. The Morgan fingerprint density at radius 2 is 0.700 bits per heavy atom. The van der Waals surface area contributed by atoms with Gasteiger partial charge < -0.3 is 0 Å². The van der Waals surface area contributed by atoms with Crippen molar-refractivity contribution in [1.82, 2.24) is 0 Å². The normalized spacial score (nSPS) is 11.1. The van der Waals surface area contributed by atoms with Gasteiger partial charge in [-0.25, -0.2) is 0 Å². The van der Waals surface area contributed by atoms with Crippen molar-refractivity contribution in [3.63, 3.8) is 0 Å². The van der Waals surface area contributed by atoms with Gasteiger partial charge in [0.15, 0.2) is 0 Å². The molecule has 0 N–H and O–H groups in total. The first-order valence-corrected chi connectivity index (χ1v) is 10.5. The molecule has 0 bridgehead atoms. The molecule has 4 rings (SSSR count). The average Bonchev–Trinajstić information content (AvgIpc) is 2.73. The molecular weight excluding hydrogens is 386 g/mol. The van der Waals surface area contributed by atoms with Crippen molar-refractivity contribution in [3.05, 3.63) is 119 Å². The Bertz CT molecular complexity index is 1000. The van der Waals surface area contributed by atoms with Crippen LogP contribution in [0.25, 0.3) is 0 Å². The summed E-state index contributed by atoms with van der Waals surface area (Å²) < 4.78 is 0. The first-order valence-electron chi connectivity index (χ1n) is 10.5. The Balaban J connectivity index is 0.00000256. The van der Waals surface area contributed by atoms with E-state index in [1.165, 1.54) is 44.1 Å². The Labute approximate surface area is 224 Å². The third-order valence-corrected chi connectivity index (χ3v) is 6.55. The molecule has 0 saturated carbocycles. The molecule has 0 fully saturated rings. The number of benzene rings is 4. The first kappa shape index (κ1) is 23.2. The van der Waals surface area contributed by atoms with E-state index in [1.54, 1.807) is 0 Å². The molecule has 0 aliphatic carbocycles. The molecule has 0 aliphatic heterocycles. The molecule has 0 amide bonds. The molecule has 2 heteroatoms. The van der Waals surface area contributed by atoms with Crippen LogP contribution in [0.15, 0.2) is 97.1 Å². The van der Waals surface area contributed by atoms with E-state index in [2.05, 4.69) is 125 Å². The van der Waals surface area contributed by atoms with E-state index in [1.807, 2.05) is 0 Å². The maximum Gasteiger partial charge on any atom is 1.00 e. The Morgan fingerprint density at radius 3 is 1.00 bits per heavy atom. The monoisotopic (exact) mass is 414 g/mol. The Kier molecular flexibility index (Phi) is 7.60. The summed E-state index contributed by atoms with van der Waals surface area (Å²) in [6, 6.07) is 35.6. The van der Waals surface area contributed by atoms with Crippen molar-refractivity contribution in [2.75, 3.05) is 0 Å². The SMILES string of the molecule is Cc1cccc(C)c1[B-](c1ccccc1)(c1ccccc1)c1c(C)cccc1C.[K+]. The summed E-state index contributed by atoms with van der Waals surface area (Å²) in [5.74, 6) is 0. The van der Waals surface area contributed by atoms with Crippen LogP contribution in [0.5, 0.6) is 0 Å². The second kappa shape index (κ2) is 9.81. The summed E-state index contributed by atoms with van der Waals surface area (Å²) in [7, 11) is 0. The fourth-order valence-corrected chi connectivity index (χ4v) is 5.51. The summed E-state index contributed by atoms with van der Waals surface area (Å²) in [6.07, 6.45) is -1.32. The summed E-state index contributed by atoms with van der Waals surface area (Å²) in [5, 5.41) is 0. The van der Waals surface area contributed by atoms with Gasteiger partial charge in [0.05, 0.1) is 0 Å². The molecule has 30 heavy (non-hydrogen) atoms. The van der Waals surface area contributed by atoms with E-state index in [0.717, 1.165) is 0 Å². The van der Waals surface area contributed by atoms with Gasteiger partial charge in [0, 0.05) is 0 Å². The van der Waals surface area contributed by atoms with Gasteiger partial charge in [-0.05, 0) is 27.7 Å². The molecule has 0 heterocycles. The maximum atomic E-state index is 2.31. The molecule has 144 valence electrons. The van der Waals surface area contributed by atoms with Gasteiger partial charge in [-0.15, -0.1) is 0 Å². The van der Waals surface area contributed by atoms with Crippen LogP contribution in [0.1, 0.15) is 22.3 Å². The van der Waals surface area contributed by atoms with Crippen LogP contribution in [-0.4, -0.2) is 6.15 Å². The molecule has 0 spiro atoms. The van der Waals surface area contributed by atoms with Gasteiger partial charge in [0.1, 0.15) is 6.15 Å². The van der Waals surface area contributed by atoms with E-state index in [4.69, 9.17) is 0 Å². The molecule has 0 nitrogen and oxygen atoms in total. The van der Waals surface area contributed by atoms with Gasteiger partial charge in [-0.1, -0.05) is 119 Å². The summed E-state index contributed by atoms with van der Waals surface area (Å²) in [4.78, 5) is 0. The van der Waals surface area contributed by atoms with Crippen LogP contribution in [0, 0.1) is 27.7 Å². The topological polar surface area (TPSA) is 0 Å². The first-order chi connectivity index (χ1) is 14.1. The number of rotatable bonds is 4. The quantitative estimate of drug-likeness (QED) is 0.442. The molecule has 0 radical (unpaired) electrons. The predicted octanol–water partition coefficient (Wildman–Crippen LogP) is 1.30. The summed E-state index contributed by atoms with van der Waals surface area (Å²) >= 11 is 0. The zero-order valence-electron chi connectivity index (χ0n) is 18.8. The number of aryl methyl sites for hydroxylation is 4. The standard InChI is InChI=1S/C28H28B.K/c1-21-13-11-14-22(2)27(21)29(25-17-7-5-8-18-25,26-19-9-6-10-20-26)28-23(3)15-12-16-24(28)4;/h5-20H,1-4H3;/q-1;+1. The largest absolute Gasteiger partial charge is 1.00 e. The second-order valence-corrected chi connectivity index (χ2v) is 8.30. The van der Waals surface area contributed by atoms with Crippen molar-refractivity contribution in [2.24, 2.45) is 0 Å². The smallest absolute Gasteiger partial charge is 0.195 e. The molecule has 4 aromatic carbocycles. The zero-order valence-corrected chi connectivity index (χ0v) is 21.9. The van der Waals surface area contributed by atoms with Gasteiger partial charge in [0.25, 0.3) is 0 Å². The fourth-order valence-electron chi connectivity index (χ4n) is 5.51. The van der Waals surface area contributed by atoms with E-state index >= 15 is 0 Å². The molecule has 0 unspecified atom stereocenters. The molecule has 0 atom stereocenters. The van der Waals surface area contributed by atoms with Crippen LogP contribution in [0.4, 0.5) is 0 Å². The van der Waals surface area contributed by atoms with Gasteiger partial charge >= 0.3 is 51.4 Å². The maximum absolute atomic E-state index is 2.31. The van der Waals surface area contributed by atoms with Crippen molar-refractivity contribution in [2.45, 2.75) is 27.7 Å². The molecule has 0 aliphatic rings. The minimum absolute atomic E-state index is 0. The van der Waals surface area contributed by atoms with Crippen molar-refractivity contribution >= 4 is 28.0 Å². The number of hydrogen-bond donors (Lipinski definition) is 0. The van der Waals surface area contributed by atoms with Crippen LogP contribution in [-0.2, 0) is 0 Å². The van der Waals surface area contributed by atoms with Crippen molar-refractivity contribution < 1.29 is 51.4 Å². The van der Waals surface area contributed by atoms with Crippen LogP contribution >= 0.6 is 0 Å². The third-order valence-electron chi connectivity index (χ3n) is 6.55. The van der Waals surface area contributed by atoms with E-state index in [9.17, 15) is 0 Å². The van der Waals surface area contributed by atoms with Gasteiger partial charge in [0.2, 0.25) is 0 Å². The molecule has 0 saturated heterocycles. The molecular formula is C28H28BK. The van der Waals surface area contributed by atoms with Crippen LogP contribution in [0.3, 0.4) is 0 Å². The minimum atomic E-state index is -1.32. The van der Waals surface area contributed by atoms with Crippen LogP contribution < -0.4 is 73.2 Å². The summed E-state index contributed by atoms with van der Waals surface area (Å²) in [6.45, 7) is 9.05. The van der Waals surface area contributed by atoms with Crippen molar-refractivity contribution in [1.29, 1.82) is 0 Å².